The molecule has 2 aromatic carbocycles. The number of rotatable bonds is 7. The molecule has 3 rings (SSSR count). The normalized spacial score (nSPS) is 10.2. The fourth-order valence-electron chi connectivity index (χ4n) is 2.57. The second-order valence-electron chi connectivity index (χ2n) is 5.93. The largest absolute Gasteiger partial charge is 0.497 e. The standard InChI is InChI=1S/C21H20ClN3O3/c1-27-17-7-8-18(19(12-17)28-2)25-20-11-15(9-10-23-20)21(26)24-13-14-3-5-16(22)6-4-14/h3-12H,13H2,1-2H3,(H,23,25)(H,24,26). The van der Waals surface area contributed by atoms with E-state index >= 15 is 0 Å². The summed E-state index contributed by atoms with van der Waals surface area (Å²) >= 11 is 5.88. The van der Waals surface area contributed by atoms with Crippen molar-refractivity contribution in [3.8, 4) is 11.5 Å². The number of methoxy groups -OCH3 is 2. The highest BCUT2D eigenvalue weighted by Gasteiger charge is 2.10. The van der Waals surface area contributed by atoms with Crippen molar-refractivity contribution in [1.82, 2.24) is 10.3 Å². The monoisotopic (exact) mass is 397 g/mol. The van der Waals surface area contributed by atoms with Gasteiger partial charge < -0.3 is 20.1 Å². The van der Waals surface area contributed by atoms with Crippen LogP contribution in [-0.4, -0.2) is 25.1 Å². The molecule has 1 heterocycles. The number of hydrogen-bond donors (Lipinski definition) is 2. The topological polar surface area (TPSA) is 72.5 Å². The van der Waals surface area contributed by atoms with Crippen molar-refractivity contribution >= 4 is 29.0 Å². The molecular weight excluding hydrogens is 378 g/mol. The molecule has 6 nitrogen and oxygen atoms in total. The van der Waals surface area contributed by atoms with E-state index in [1.807, 2.05) is 24.3 Å². The highest BCUT2D eigenvalue weighted by atomic mass is 35.5. The van der Waals surface area contributed by atoms with Crippen LogP contribution in [-0.2, 0) is 6.54 Å². The minimum absolute atomic E-state index is 0.193. The molecule has 0 aliphatic carbocycles. The van der Waals surface area contributed by atoms with E-state index < -0.39 is 0 Å². The molecule has 0 saturated heterocycles. The Morgan fingerprint density at radius 1 is 1.04 bits per heavy atom. The first-order valence-electron chi connectivity index (χ1n) is 8.57. The number of hydrogen-bond acceptors (Lipinski definition) is 5. The van der Waals surface area contributed by atoms with Crippen LogP contribution in [0.2, 0.25) is 5.02 Å². The molecular formula is C21H20ClN3O3. The van der Waals surface area contributed by atoms with Gasteiger partial charge in [-0.2, -0.15) is 0 Å². The maximum Gasteiger partial charge on any atom is 0.251 e. The van der Waals surface area contributed by atoms with Gasteiger partial charge in [-0.15, -0.1) is 0 Å². The van der Waals surface area contributed by atoms with Crippen LogP contribution in [0, 0.1) is 0 Å². The molecule has 0 radical (unpaired) electrons. The second kappa shape index (κ2) is 9.10. The second-order valence-corrected chi connectivity index (χ2v) is 6.37. The van der Waals surface area contributed by atoms with E-state index in [9.17, 15) is 4.79 Å². The van der Waals surface area contributed by atoms with Gasteiger partial charge in [0.1, 0.15) is 17.3 Å². The van der Waals surface area contributed by atoms with Crippen LogP contribution < -0.4 is 20.1 Å². The zero-order valence-corrected chi connectivity index (χ0v) is 16.3. The Hall–Kier alpha value is -3.25. The molecule has 0 aliphatic heterocycles. The molecule has 0 bridgehead atoms. The van der Waals surface area contributed by atoms with Crippen molar-refractivity contribution in [2.75, 3.05) is 19.5 Å². The summed E-state index contributed by atoms with van der Waals surface area (Å²) in [6.07, 6.45) is 1.58. The average Bonchev–Trinajstić information content (AvgIpc) is 2.73. The summed E-state index contributed by atoms with van der Waals surface area (Å²) < 4.78 is 10.6. The van der Waals surface area contributed by atoms with Gasteiger partial charge in [0.05, 0.1) is 19.9 Å². The molecule has 1 amide bonds. The summed E-state index contributed by atoms with van der Waals surface area (Å²) in [5.41, 5.74) is 2.18. The van der Waals surface area contributed by atoms with Gasteiger partial charge >= 0.3 is 0 Å². The zero-order chi connectivity index (χ0) is 19.9. The van der Waals surface area contributed by atoms with Crippen molar-refractivity contribution < 1.29 is 14.3 Å². The summed E-state index contributed by atoms with van der Waals surface area (Å²) in [6.45, 7) is 0.410. The minimum atomic E-state index is -0.193. The third-order valence-corrected chi connectivity index (χ3v) is 4.31. The Labute approximate surface area is 168 Å². The SMILES string of the molecule is COc1ccc(Nc2cc(C(=O)NCc3ccc(Cl)cc3)ccn2)c(OC)c1. The van der Waals surface area contributed by atoms with E-state index in [0.717, 1.165) is 11.3 Å². The maximum absolute atomic E-state index is 12.5. The third kappa shape index (κ3) is 4.92. The molecule has 144 valence electrons. The van der Waals surface area contributed by atoms with E-state index in [0.29, 0.717) is 34.4 Å². The Morgan fingerprint density at radius 2 is 1.82 bits per heavy atom. The smallest absolute Gasteiger partial charge is 0.251 e. The number of aromatic nitrogens is 1. The van der Waals surface area contributed by atoms with Gasteiger partial charge in [-0.05, 0) is 42.0 Å². The summed E-state index contributed by atoms with van der Waals surface area (Å²) in [5, 5.41) is 6.71. The highest BCUT2D eigenvalue weighted by molar-refractivity contribution is 6.30. The minimum Gasteiger partial charge on any atom is -0.497 e. The number of benzene rings is 2. The zero-order valence-electron chi connectivity index (χ0n) is 15.5. The van der Waals surface area contributed by atoms with Gasteiger partial charge in [-0.1, -0.05) is 23.7 Å². The molecule has 0 atom stereocenters. The lowest BCUT2D eigenvalue weighted by Crippen LogP contribution is -2.22. The van der Waals surface area contributed by atoms with Crippen molar-refractivity contribution in [1.29, 1.82) is 0 Å². The molecule has 0 saturated carbocycles. The van der Waals surface area contributed by atoms with Gasteiger partial charge in [0.2, 0.25) is 0 Å². The Bertz CT molecular complexity index is 961. The maximum atomic E-state index is 12.5. The van der Waals surface area contributed by atoms with Crippen LogP contribution in [0.3, 0.4) is 0 Å². The fraction of sp³-hybridized carbons (Fsp3) is 0.143. The highest BCUT2D eigenvalue weighted by Crippen LogP contribution is 2.31. The third-order valence-electron chi connectivity index (χ3n) is 4.06. The molecule has 1 aromatic heterocycles. The predicted molar refractivity (Wildman–Crippen MR) is 110 cm³/mol. The van der Waals surface area contributed by atoms with Gasteiger partial charge in [0, 0.05) is 29.4 Å². The number of amides is 1. The number of anilines is 2. The van der Waals surface area contributed by atoms with E-state index in [-0.39, 0.29) is 5.91 Å². The molecule has 0 unspecified atom stereocenters. The first-order chi connectivity index (χ1) is 13.6. The fourth-order valence-corrected chi connectivity index (χ4v) is 2.69. The van der Waals surface area contributed by atoms with Gasteiger partial charge in [0.15, 0.2) is 0 Å². The molecule has 3 aromatic rings. The van der Waals surface area contributed by atoms with Crippen molar-refractivity contribution in [3.63, 3.8) is 0 Å². The van der Waals surface area contributed by atoms with E-state index in [4.69, 9.17) is 21.1 Å². The number of carbonyl (C=O) groups is 1. The first kappa shape index (κ1) is 19.5. The number of pyridine rings is 1. The van der Waals surface area contributed by atoms with Crippen LogP contribution in [0.25, 0.3) is 0 Å². The first-order valence-corrected chi connectivity index (χ1v) is 8.94. The number of nitrogens with one attached hydrogen (secondary N) is 2. The van der Waals surface area contributed by atoms with Crippen LogP contribution in [0.4, 0.5) is 11.5 Å². The predicted octanol–water partition coefficient (Wildman–Crippen LogP) is 4.43. The molecule has 2 N–H and O–H groups in total. The van der Waals surface area contributed by atoms with Crippen LogP contribution in [0.1, 0.15) is 15.9 Å². The molecule has 0 aliphatic rings. The Morgan fingerprint density at radius 3 is 2.54 bits per heavy atom. The number of halogens is 1. The van der Waals surface area contributed by atoms with Crippen molar-refractivity contribution in [2.24, 2.45) is 0 Å². The Balaban J connectivity index is 1.69. The summed E-state index contributed by atoms with van der Waals surface area (Å²) in [4.78, 5) is 16.7. The molecule has 0 fully saturated rings. The summed E-state index contributed by atoms with van der Waals surface area (Å²) in [7, 11) is 3.17. The lowest BCUT2D eigenvalue weighted by Gasteiger charge is -2.12. The van der Waals surface area contributed by atoms with E-state index in [1.54, 1.807) is 50.7 Å². The Kier molecular flexibility index (Phi) is 6.34. The molecule has 7 heteroatoms. The van der Waals surface area contributed by atoms with Gasteiger partial charge in [0.25, 0.3) is 5.91 Å². The lowest BCUT2D eigenvalue weighted by molar-refractivity contribution is 0.0951. The van der Waals surface area contributed by atoms with E-state index in [1.165, 1.54) is 0 Å². The number of ether oxygens (including phenoxy) is 2. The van der Waals surface area contributed by atoms with E-state index in [2.05, 4.69) is 15.6 Å². The number of nitrogens with zero attached hydrogens (tertiary/aromatic N) is 1. The van der Waals surface area contributed by atoms with Crippen LogP contribution in [0.15, 0.2) is 60.8 Å². The molecule has 28 heavy (non-hydrogen) atoms. The van der Waals surface area contributed by atoms with Gasteiger partial charge in [-0.25, -0.2) is 4.98 Å². The van der Waals surface area contributed by atoms with Gasteiger partial charge in [-0.3, -0.25) is 4.79 Å². The van der Waals surface area contributed by atoms with Crippen molar-refractivity contribution in [3.05, 3.63) is 76.9 Å². The average molecular weight is 398 g/mol. The number of carbonyl (C=O) groups excluding carboxylic acids is 1. The lowest BCUT2D eigenvalue weighted by atomic mass is 10.2. The molecule has 0 spiro atoms. The van der Waals surface area contributed by atoms with Crippen LogP contribution in [0.5, 0.6) is 11.5 Å². The summed E-state index contributed by atoms with van der Waals surface area (Å²) in [6, 6.07) is 16.1. The van der Waals surface area contributed by atoms with Crippen molar-refractivity contribution in [2.45, 2.75) is 6.54 Å². The summed E-state index contributed by atoms with van der Waals surface area (Å²) in [5.74, 6) is 1.63. The quantitative estimate of drug-likeness (QED) is 0.617. The van der Waals surface area contributed by atoms with Crippen LogP contribution >= 0.6 is 11.6 Å².